The second-order valence-electron chi connectivity index (χ2n) is 4.06. The van der Waals surface area contributed by atoms with Crippen molar-refractivity contribution < 1.29 is 23.0 Å². The van der Waals surface area contributed by atoms with Crippen molar-refractivity contribution in [2.45, 2.75) is 39.0 Å². The molecule has 0 aliphatic heterocycles. The summed E-state index contributed by atoms with van der Waals surface area (Å²) in [5, 5.41) is 10.4. The Morgan fingerprint density at radius 3 is 2.56 bits per heavy atom. The highest BCUT2D eigenvalue weighted by molar-refractivity contribution is 7.11. The van der Waals surface area contributed by atoms with Crippen molar-refractivity contribution >= 4 is 11.3 Å². The molecule has 0 bridgehead atoms. The minimum atomic E-state index is -4.31. The van der Waals surface area contributed by atoms with Gasteiger partial charge in [0.1, 0.15) is 6.61 Å². The maximum absolute atomic E-state index is 11.8. The number of hydrogen-bond donors (Lipinski definition) is 1. The molecule has 1 aromatic heterocycles. The Balaban J connectivity index is 2.23. The van der Waals surface area contributed by atoms with Crippen molar-refractivity contribution in [2.24, 2.45) is 0 Å². The van der Waals surface area contributed by atoms with E-state index in [4.69, 9.17) is 0 Å². The van der Waals surface area contributed by atoms with Gasteiger partial charge in [0.15, 0.2) is 0 Å². The number of aryl methyl sites for hydroxylation is 2. The third-order valence-corrected chi connectivity index (χ3v) is 3.44. The molecule has 1 N–H and O–H groups in total. The first kappa shape index (κ1) is 15.4. The van der Waals surface area contributed by atoms with Crippen LogP contribution >= 0.6 is 11.3 Å². The zero-order valence-corrected chi connectivity index (χ0v) is 11.1. The summed E-state index contributed by atoms with van der Waals surface area (Å²) in [4.78, 5) is 5.34. The first-order chi connectivity index (χ1) is 8.28. The molecule has 104 valence electrons. The molecule has 0 radical (unpaired) electrons. The number of rotatable bonds is 6. The normalized spacial score (nSPS) is 13.9. The van der Waals surface area contributed by atoms with Crippen LogP contribution in [0.15, 0.2) is 0 Å². The Morgan fingerprint density at radius 1 is 1.39 bits per heavy atom. The number of nitrogens with zero attached hydrogens (tertiary/aromatic N) is 1. The van der Waals surface area contributed by atoms with Crippen LogP contribution in [0.2, 0.25) is 0 Å². The van der Waals surface area contributed by atoms with E-state index in [0.29, 0.717) is 6.42 Å². The van der Waals surface area contributed by atoms with Gasteiger partial charge in [-0.3, -0.25) is 0 Å². The van der Waals surface area contributed by atoms with E-state index in [1.165, 1.54) is 11.3 Å². The van der Waals surface area contributed by atoms with E-state index in [1.807, 2.05) is 13.8 Å². The molecule has 1 unspecified atom stereocenters. The van der Waals surface area contributed by atoms with Crippen molar-refractivity contribution in [3.63, 3.8) is 0 Å². The molecule has 3 nitrogen and oxygen atoms in total. The molecule has 0 aliphatic carbocycles. The maximum Gasteiger partial charge on any atom is 0.411 e. The lowest BCUT2D eigenvalue weighted by Crippen LogP contribution is -2.20. The monoisotopic (exact) mass is 283 g/mol. The Kier molecular flexibility index (Phi) is 5.55. The fourth-order valence-electron chi connectivity index (χ4n) is 1.34. The molecule has 1 atom stereocenters. The summed E-state index contributed by atoms with van der Waals surface area (Å²) in [5.74, 6) is 0. The molecule has 1 heterocycles. The van der Waals surface area contributed by atoms with Crippen LogP contribution in [0, 0.1) is 13.8 Å². The molecular weight excluding hydrogens is 267 g/mol. The zero-order valence-electron chi connectivity index (χ0n) is 10.3. The van der Waals surface area contributed by atoms with Gasteiger partial charge in [0.25, 0.3) is 0 Å². The van der Waals surface area contributed by atoms with E-state index in [0.717, 1.165) is 15.6 Å². The van der Waals surface area contributed by atoms with Crippen LogP contribution in [0.1, 0.15) is 22.0 Å². The van der Waals surface area contributed by atoms with Crippen molar-refractivity contribution in [1.29, 1.82) is 0 Å². The van der Waals surface area contributed by atoms with Crippen LogP contribution in [-0.2, 0) is 11.2 Å². The third-order valence-electron chi connectivity index (χ3n) is 2.34. The van der Waals surface area contributed by atoms with Crippen molar-refractivity contribution in [3.05, 3.63) is 15.6 Å². The van der Waals surface area contributed by atoms with Crippen molar-refractivity contribution in [1.82, 2.24) is 4.98 Å². The molecule has 1 aromatic rings. The van der Waals surface area contributed by atoms with Crippen LogP contribution in [0.4, 0.5) is 13.2 Å². The number of hydrogen-bond acceptors (Lipinski definition) is 4. The molecule has 0 aliphatic rings. The van der Waals surface area contributed by atoms with Gasteiger partial charge in [0.05, 0.1) is 16.8 Å². The predicted molar refractivity (Wildman–Crippen MR) is 62.8 cm³/mol. The van der Waals surface area contributed by atoms with Gasteiger partial charge >= 0.3 is 6.18 Å². The van der Waals surface area contributed by atoms with Gasteiger partial charge in [-0.1, -0.05) is 0 Å². The fraction of sp³-hybridized carbons (Fsp3) is 0.727. The van der Waals surface area contributed by atoms with Crippen LogP contribution in [-0.4, -0.2) is 35.6 Å². The molecule has 0 aromatic carbocycles. The number of alkyl halides is 3. The summed E-state index contributed by atoms with van der Waals surface area (Å²) < 4.78 is 39.8. The summed E-state index contributed by atoms with van der Waals surface area (Å²) in [6.07, 6.45) is -4.50. The molecule has 0 saturated heterocycles. The van der Waals surface area contributed by atoms with Gasteiger partial charge in [0.2, 0.25) is 0 Å². The molecule has 0 amide bonds. The summed E-state index contributed by atoms with van der Waals surface area (Å²) in [7, 11) is 0. The third kappa shape index (κ3) is 5.79. The van der Waals surface area contributed by atoms with E-state index in [9.17, 15) is 18.3 Å². The molecule has 0 saturated carbocycles. The molecule has 0 fully saturated rings. The highest BCUT2D eigenvalue weighted by atomic mass is 32.1. The van der Waals surface area contributed by atoms with Gasteiger partial charge in [0, 0.05) is 17.9 Å². The Labute approximate surface area is 108 Å². The lowest BCUT2D eigenvalue weighted by Gasteiger charge is -2.10. The number of aliphatic hydroxyl groups excluding tert-OH is 1. The van der Waals surface area contributed by atoms with Crippen LogP contribution < -0.4 is 0 Å². The van der Waals surface area contributed by atoms with Gasteiger partial charge in [-0.2, -0.15) is 13.2 Å². The Morgan fingerprint density at radius 2 is 2.06 bits per heavy atom. The van der Waals surface area contributed by atoms with E-state index in [-0.39, 0.29) is 13.0 Å². The van der Waals surface area contributed by atoms with Gasteiger partial charge in [-0.25, -0.2) is 4.98 Å². The lowest BCUT2D eigenvalue weighted by atomic mass is 10.2. The highest BCUT2D eigenvalue weighted by Crippen LogP contribution is 2.19. The summed E-state index contributed by atoms with van der Waals surface area (Å²) in [5.41, 5.74) is 0.926. The van der Waals surface area contributed by atoms with Crippen molar-refractivity contribution in [3.8, 4) is 0 Å². The fourth-order valence-corrected chi connectivity index (χ4v) is 2.34. The van der Waals surface area contributed by atoms with Gasteiger partial charge < -0.3 is 9.84 Å². The zero-order chi connectivity index (χ0) is 13.8. The largest absolute Gasteiger partial charge is 0.411 e. The highest BCUT2D eigenvalue weighted by Gasteiger charge is 2.27. The van der Waals surface area contributed by atoms with E-state index >= 15 is 0 Å². The number of halogens is 3. The van der Waals surface area contributed by atoms with E-state index < -0.39 is 18.9 Å². The molecule has 7 heteroatoms. The second-order valence-corrected chi connectivity index (χ2v) is 5.35. The topological polar surface area (TPSA) is 42.4 Å². The molecule has 0 spiro atoms. The number of ether oxygens (including phenoxy) is 1. The van der Waals surface area contributed by atoms with Gasteiger partial charge in [-0.15, -0.1) is 11.3 Å². The first-order valence-electron chi connectivity index (χ1n) is 5.53. The Hall–Kier alpha value is -0.660. The Bertz CT molecular complexity index is 359. The maximum atomic E-state index is 11.8. The van der Waals surface area contributed by atoms with E-state index in [2.05, 4.69) is 9.72 Å². The molecule has 18 heavy (non-hydrogen) atoms. The minimum absolute atomic E-state index is 0.107. The van der Waals surface area contributed by atoms with Crippen LogP contribution in [0.5, 0.6) is 0 Å². The summed E-state index contributed by atoms with van der Waals surface area (Å²) in [6, 6.07) is 0. The summed E-state index contributed by atoms with van der Waals surface area (Å²) in [6.45, 7) is 2.45. The van der Waals surface area contributed by atoms with Crippen molar-refractivity contribution in [2.75, 3.05) is 13.2 Å². The summed E-state index contributed by atoms with van der Waals surface area (Å²) >= 11 is 1.49. The van der Waals surface area contributed by atoms with Gasteiger partial charge in [-0.05, 0) is 20.3 Å². The second kappa shape index (κ2) is 6.49. The lowest BCUT2D eigenvalue weighted by molar-refractivity contribution is -0.175. The smallest absolute Gasteiger partial charge is 0.393 e. The number of thiazole rings is 1. The standard InChI is InChI=1S/C11H16F3NO2S/c1-7-8(2)18-10(15-7)5-9(16)3-4-17-6-11(12,13)14/h9,16H,3-6H2,1-2H3. The number of aliphatic hydroxyl groups is 1. The minimum Gasteiger partial charge on any atom is -0.393 e. The SMILES string of the molecule is Cc1nc(CC(O)CCOCC(F)(F)F)sc1C. The predicted octanol–water partition coefficient (Wildman–Crippen LogP) is 2.63. The molecule has 1 rings (SSSR count). The first-order valence-corrected chi connectivity index (χ1v) is 6.35. The molecular formula is C11H16F3NO2S. The average Bonchev–Trinajstić information content (AvgIpc) is 2.51. The average molecular weight is 283 g/mol. The van der Waals surface area contributed by atoms with Crippen LogP contribution in [0.25, 0.3) is 0 Å². The number of aromatic nitrogens is 1. The van der Waals surface area contributed by atoms with E-state index in [1.54, 1.807) is 0 Å². The van der Waals surface area contributed by atoms with Crippen LogP contribution in [0.3, 0.4) is 0 Å². The quantitative estimate of drug-likeness (QED) is 0.816.